The maximum absolute atomic E-state index is 9.79. The van der Waals surface area contributed by atoms with E-state index < -0.39 is 11.9 Å². The van der Waals surface area contributed by atoms with Crippen molar-refractivity contribution in [3.05, 3.63) is 0 Å². The molecular weight excluding hydrogens is 163 g/mol. The Labute approximate surface area is 101 Å². The average Bonchev–Trinajstić information content (AvgIpc) is 1.63. The second-order valence-corrected chi connectivity index (χ2v) is 1.64. The van der Waals surface area contributed by atoms with Crippen molar-refractivity contribution in [2.75, 3.05) is 0 Å². The number of aliphatic carboxylic acids is 2. The van der Waals surface area contributed by atoms with Gasteiger partial charge in [-0.3, -0.25) is 9.59 Å². The van der Waals surface area contributed by atoms with Crippen LogP contribution in [0.2, 0.25) is 0 Å². The van der Waals surface area contributed by atoms with Crippen LogP contribution in [0.3, 0.4) is 0 Å². The van der Waals surface area contributed by atoms with Gasteiger partial charge in [-0.2, -0.15) is 0 Å². The van der Waals surface area contributed by atoms with E-state index in [1.54, 1.807) is 0 Å². The molecular formula is C5H8KO4. The zero-order chi connectivity index (χ0) is 7.28. The topological polar surface area (TPSA) is 74.6 Å². The molecule has 0 bridgehead atoms. The largest absolute Gasteiger partial charge is 0.481 e. The Morgan fingerprint density at radius 3 is 1.50 bits per heavy atom. The molecule has 0 heterocycles. The SMILES string of the molecule is O=C(O)CCCC(=O)O.[K]. The minimum atomic E-state index is -0.948. The van der Waals surface area contributed by atoms with Gasteiger partial charge in [0.2, 0.25) is 0 Å². The summed E-state index contributed by atoms with van der Waals surface area (Å²) in [5, 5.41) is 16.1. The molecule has 53 valence electrons. The van der Waals surface area contributed by atoms with E-state index in [0.29, 0.717) is 0 Å². The van der Waals surface area contributed by atoms with E-state index in [0.717, 1.165) is 0 Å². The van der Waals surface area contributed by atoms with Gasteiger partial charge in [0.15, 0.2) is 0 Å². The van der Waals surface area contributed by atoms with Crippen LogP contribution in [0.15, 0.2) is 0 Å². The predicted molar refractivity (Wildman–Crippen MR) is 34.9 cm³/mol. The molecule has 4 nitrogen and oxygen atoms in total. The van der Waals surface area contributed by atoms with Crippen LogP contribution in [-0.2, 0) is 9.59 Å². The summed E-state index contributed by atoms with van der Waals surface area (Å²) in [7, 11) is 0. The molecule has 0 rings (SSSR count). The van der Waals surface area contributed by atoms with Crippen molar-refractivity contribution < 1.29 is 19.8 Å². The fourth-order valence-electron chi connectivity index (χ4n) is 0.391. The summed E-state index contributed by atoms with van der Waals surface area (Å²) in [6.45, 7) is 0. The number of hydrogen-bond donors (Lipinski definition) is 2. The Balaban J connectivity index is 0. The molecule has 0 atom stereocenters. The molecule has 0 aromatic heterocycles. The third-order valence-corrected chi connectivity index (χ3v) is 0.781. The normalized spacial score (nSPS) is 8.00. The van der Waals surface area contributed by atoms with Crippen molar-refractivity contribution in [1.82, 2.24) is 0 Å². The zero-order valence-corrected chi connectivity index (χ0v) is 8.96. The van der Waals surface area contributed by atoms with E-state index in [1.807, 2.05) is 0 Å². The molecule has 0 aromatic rings. The van der Waals surface area contributed by atoms with Crippen LogP contribution in [0.25, 0.3) is 0 Å². The molecule has 0 fully saturated rings. The molecule has 1 radical (unpaired) electrons. The summed E-state index contributed by atoms with van der Waals surface area (Å²) in [6, 6.07) is 0. The molecule has 0 amide bonds. The summed E-state index contributed by atoms with van der Waals surface area (Å²) < 4.78 is 0. The summed E-state index contributed by atoms with van der Waals surface area (Å²) in [5.74, 6) is -1.90. The molecule has 0 aliphatic rings. The quantitative estimate of drug-likeness (QED) is 0.581. The van der Waals surface area contributed by atoms with Gasteiger partial charge < -0.3 is 10.2 Å². The van der Waals surface area contributed by atoms with Gasteiger partial charge in [-0.15, -0.1) is 0 Å². The molecule has 5 heteroatoms. The van der Waals surface area contributed by atoms with E-state index in [-0.39, 0.29) is 70.6 Å². The minimum Gasteiger partial charge on any atom is -0.481 e. The minimum absolute atomic E-state index is 0. The van der Waals surface area contributed by atoms with Gasteiger partial charge in [-0.25, -0.2) is 0 Å². The van der Waals surface area contributed by atoms with Crippen molar-refractivity contribution in [2.45, 2.75) is 19.3 Å². The zero-order valence-electron chi connectivity index (χ0n) is 5.83. The van der Waals surface area contributed by atoms with Crippen LogP contribution >= 0.6 is 0 Å². The predicted octanol–water partition coefficient (Wildman–Crippen LogP) is -0.0549. The summed E-state index contributed by atoms with van der Waals surface area (Å²) in [6.07, 6.45) is 0.0866. The van der Waals surface area contributed by atoms with E-state index in [2.05, 4.69) is 0 Å². The Morgan fingerprint density at radius 2 is 1.30 bits per heavy atom. The molecule has 2 N–H and O–H groups in total. The van der Waals surface area contributed by atoms with Gasteiger partial charge in [0, 0.05) is 64.2 Å². The van der Waals surface area contributed by atoms with Crippen molar-refractivity contribution in [3.8, 4) is 0 Å². The molecule has 0 aliphatic heterocycles. The summed E-state index contributed by atoms with van der Waals surface area (Å²) in [5.41, 5.74) is 0. The molecule has 0 saturated carbocycles. The van der Waals surface area contributed by atoms with Crippen LogP contribution in [0.1, 0.15) is 19.3 Å². The van der Waals surface area contributed by atoms with Gasteiger partial charge in [0.25, 0.3) is 0 Å². The number of hydrogen-bond acceptors (Lipinski definition) is 2. The molecule has 0 spiro atoms. The van der Waals surface area contributed by atoms with Crippen LogP contribution < -0.4 is 0 Å². The average molecular weight is 171 g/mol. The van der Waals surface area contributed by atoms with Crippen LogP contribution in [0.5, 0.6) is 0 Å². The van der Waals surface area contributed by atoms with Gasteiger partial charge >= 0.3 is 11.9 Å². The van der Waals surface area contributed by atoms with Crippen molar-refractivity contribution in [3.63, 3.8) is 0 Å². The number of carboxylic acid groups (broad SMARTS) is 2. The Hall–Kier alpha value is 0.576. The van der Waals surface area contributed by atoms with Crippen LogP contribution in [0.4, 0.5) is 0 Å². The van der Waals surface area contributed by atoms with Gasteiger partial charge in [-0.05, 0) is 6.42 Å². The first-order valence-corrected chi connectivity index (χ1v) is 2.56. The van der Waals surface area contributed by atoms with E-state index in [1.165, 1.54) is 0 Å². The fourth-order valence-corrected chi connectivity index (χ4v) is 0.391. The molecule has 0 saturated heterocycles. The van der Waals surface area contributed by atoms with Gasteiger partial charge in [0.05, 0.1) is 0 Å². The number of carbonyl (C=O) groups is 2. The Kier molecular flexibility index (Phi) is 10.1. The van der Waals surface area contributed by atoms with Gasteiger partial charge in [-0.1, -0.05) is 0 Å². The molecule has 10 heavy (non-hydrogen) atoms. The monoisotopic (exact) mass is 171 g/mol. The Bertz CT molecular complexity index is 109. The van der Waals surface area contributed by atoms with Crippen LogP contribution in [-0.4, -0.2) is 73.5 Å². The third kappa shape index (κ3) is 11.4. The summed E-state index contributed by atoms with van der Waals surface area (Å²) in [4.78, 5) is 19.6. The first-order valence-electron chi connectivity index (χ1n) is 2.56. The fraction of sp³-hybridized carbons (Fsp3) is 0.600. The second-order valence-electron chi connectivity index (χ2n) is 1.64. The third-order valence-electron chi connectivity index (χ3n) is 0.781. The Morgan fingerprint density at radius 1 is 1.00 bits per heavy atom. The van der Waals surface area contributed by atoms with E-state index in [4.69, 9.17) is 10.2 Å². The smallest absolute Gasteiger partial charge is 0.303 e. The molecule has 0 unspecified atom stereocenters. The second kappa shape index (κ2) is 7.68. The van der Waals surface area contributed by atoms with Crippen LogP contribution in [0, 0.1) is 0 Å². The van der Waals surface area contributed by atoms with E-state index >= 15 is 0 Å². The number of carboxylic acids is 2. The first-order chi connectivity index (χ1) is 4.13. The standard InChI is InChI=1S/C5H8O4.K/c6-4(7)2-1-3-5(8)9;/h1-3H2,(H,6,7)(H,8,9);. The maximum Gasteiger partial charge on any atom is 0.303 e. The van der Waals surface area contributed by atoms with Crippen molar-refractivity contribution >= 4 is 63.3 Å². The molecule has 0 aliphatic carbocycles. The van der Waals surface area contributed by atoms with Crippen molar-refractivity contribution in [1.29, 1.82) is 0 Å². The summed E-state index contributed by atoms with van der Waals surface area (Å²) >= 11 is 0. The maximum atomic E-state index is 9.79. The van der Waals surface area contributed by atoms with Crippen molar-refractivity contribution in [2.24, 2.45) is 0 Å². The number of rotatable bonds is 4. The molecule has 0 aromatic carbocycles. The van der Waals surface area contributed by atoms with E-state index in [9.17, 15) is 9.59 Å². The first kappa shape index (κ1) is 13.2. The van der Waals surface area contributed by atoms with Gasteiger partial charge in [0.1, 0.15) is 0 Å².